The van der Waals surface area contributed by atoms with Crippen molar-refractivity contribution in [2.75, 3.05) is 46.2 Å². The summed E-state index contributed by atoms with van der Waals surface area (Å²) in [6.07, 6.45) is -0.981. The second kappa shape index (κ2) is 16.6. The molecule has 9 nitrogen and oxygen atoms in total. The molecule has 0 fully saturated rings. The van der Waals surface area contributed by atoms with E-state index in [4.69, 9.17) is 18.5 Å². The minimum Gasteiger partial charge on any atom is -0.444 e. The number of ether oxygens (including phenoxy) is 2. The lowest BCUT2D eigenvalue weighted by atomic mass is 9.98. The molecule has 0 unspecified atom stereocenters. The molecule has 0 heterocycles. The molecular formula is C44H53N2O7PS. The Balaban J connectivity index is 1.27. The van der Waals surface area contributed by atoms with Crippen molar-refractivity contribution in [1.29, 1.82) is 0 Å². The Bertz CT molecular complexity index is 1830. The lowest BCUT2D eigenvalue weighted by Crippen LogP contribution is -2.42. The average molecular weight is 785 g/mol. The van der Waals surface area contributed by atoms with Gasteiger partial charge in [0.25, 0.3) is 0 Å². The summed E-state index contributed by atoms with van der Waals surface area (Å²) in [5, 5.41) is 0. The summed E-state index contributed by atoms with van der Waals surface area (Å²) in [6, 6.07) is 33.0. The van der Waals surface area contributed by atoms with Crippen LogP contribution in [0.5, 0.6) is 0 Å². The number of nitrogens with zero attached hydrogens (tertiary/aromatic N) is 2. The second-order valence-corrected chi connectivity index (χ2v) is 20.5. The van der Waals surface area contributed by atoms with E-state index in [1.807, 2.05) is 90.1 Å². The maximum Gasteiger partial charge on any atom is 0.410 e. The van der Waals surface area contributed by atoms with Crippen molar-refractivity contribution < 1.29 is 32.7 Å². The topological polar surface area (TPSA) is 94.6 Å². The highest BCUT2D eigenvalue weighted by molar-refractivity contribution is 8.55. The van der Waals surface area contributed by atoms with Crippen LogP contribution in [-0.2, 0) is 23.1 Å². The normalized spacial score (nSPS) is 13.9. The number of carbonyl (C=O) groups is 2. The Morgan fingerprint density at radius 1 is 0.600 bits per heavy atom. The van der Waals surface area contributed by atoms with Crippen molar-refractivity contribution >= 4 is 30.4 Å². The van der Waals surface area contributed by atoms with Gasteiger partial charge in [-0.3, -0.25) is 9.05 Å². The van der Waals surface area contributed by atoms with E-state index in [1.165, 1.54) is 9.80 Å². The zero-order valence-corrected chi connectivity index (χ0v) is 34.8. The van der Waals surface area contributed by atoms with Crippen LogP contribution in [0.1, 0.15) is 75.6 Å². The Morgan fingerprint density at radius 2 is 0.909 bits per heavy atom. The fraction of sp³-hybridized carbons (Fsp3) is 0.409. The highest BCUT2D eigenvalue weighted by atomic mass is 32.7. The Kier molecular flexibility index (Phi) is 12.2. The third kappa shape index (κ3) is 9.84. The van der Waals surface area contributed by atoms with Crippen molar-refractivity contribution in [3.8, 4) is 22.3 Å². The van der Waals surface area contributed by atoms with E-state index in [1.54, 1.807) is 14.1 Å². The molecule has 0 saturated carbocycles. The van der Waals surface area contributed by atoms with Crippen molar-refractivity contribution in [2.45, 2.75) is 64.6 Å². The molecule has 0 aromatic heterocycles. The van der Waals surface area contributed by atoms with Crippen LogP contribution in [0.4, 0.5) is 9.59 Å². The minimum absolute atomic E-state index is 0.134. The van der Waals surface area contributed by atoms with Crippen molar-refractivity contribution in [2.24, 2.45) is 5.92 Å². The molecule has 2 aliphatic carbocycles. The molecule has 2 aliphatic rings. The van der Waals surface area contributed by atoms with E-state index in [0.29, 0.717) is 0 Å². The van der Waals surface area contributed by atoms with Crippen LogP contribution in [0.3, 0.4) is 0 Å². The van der Waals surface area contributed by atoms with Gasteiger partial charge < -0.3 is 19.3 Å². The minimum atomic E-state index is -3.88. The van der Waals surface area contributed by atoms with Gasteiger partial charge in [-0.05, 0) is 97.4 Å². The number of carbonyl (C=O) groups excluding carboxylic acids is 2. The molecule has 55 heavy (non-hydrogen) atoms. The van der Waals surface area contributed by atoms with E-state index >= 15 is 4.57 Å². The molecule has 0 radical (unpaired) electrons. The molecule has 2 amide bonds. The van der Waals surface area contributed by atoms with Gasteiger partial charge in [0.1, 0.15) is 11.2 Å². The van der Waals surface area contributed by atoms with Gasteiger partial charge in [-0.25, -0.2) is 14.2 Å². The fourth-order valence-corrected chi connectivity index (χ4v) is 10.8. The highest BCUT2D eigenvalue weighted by Gasteiger charge is 2.37. The number of benzene rings is 4. The van der Waals surface area contributed by atoms with Gasteiger partial charge in [0.05, 0.1) is 13.2 Å². The number of hydrogen-bond acceptors (Lipinski definition) is 8. The van der Waals surface area contributed by atoms with E-state index in [0.717, 1.165) is 55.9 Å². The molecule has 4 aromatic carbocycles. The first-order chi connectivity index (χ1) is 26.0. The van der Waals surface area contributed by atoms with E-state index in [-0.39, 0.29) is 49.8 Å². The molecule has 0 bridgehead atoms. The van der Waals surface area contributed by atoms with Crippen molar-refractivity contribution in [1.82, 2.24) is 9.80 Å². The van der Waals surface area contributed by atoms with E-state index in [9.17, 15) is 9.59 Å². The van der Waals surface area contributed by atoms with Crippen LogP contribution >= 0.6 is 18.2 Å². The summed E-state index contributed by atoms with van der Waals surface area (Å²) in [7, 11) is 3.32. The Hall–Kier alpha value is -4.08. The molecule has 4 aromatic rings. The maximum atomic E-state index is 15.2. The molecule has 292 valence electrons. The molecule has 0 spiro atoms. The molecule has 0 atom stereocenters. The fourth-order valence-electron chi connectivity index (χ4n) is 7.29. The summed E-state index contributed by atoms with van der Waals surface area (Å²) >= 11 is 1.11. The Morgan fingerprint density at radius 3 is 1.22 bits per heavy atom. The zero-order chi connectivity index (χ0) is 39.5. The predicted octanol–water partition coefficient (Wildman–Crippen LogP) is 10.8. The molecule has 6 rings (SSSR count). The zero-order valence-electron chi connectivity index (χ0n) is 33.1. The van der Waals surface area contributed by atoms with Crippen molar-refractivity contribution in [3.05, 3.63) is 119 Å². The quantitative estimate of drug-likeness (QED) is 0.124. The summed E-state index contributed by atoms with van der Waals surface area (Å²) in [4.78, 5) is 29.2. The van der Waals surface area contributed by atoms with Crippen LogP contribution < -0.4 is 0 Å². The number of rotatable bonds is 13. The number of amides is 2. The van der Waals surface area contributed by atoms with Gasteiger partial charge in [-0.15, -0.1) is 0 Å². The molecule has 11 heteroatoms. The maximum absolute atomic E-state index is 15.2. The average Bonchev–Trinajstić information content (AvgIpc) is 3.63. The van der Waals surface area contributed by atoms with Crippen LogP contribution in [0.15, 0.2) is 97.1 Å². The predicted molar refractivity (Wildman–Crippen MR) is 221 cm³/mol. The van der Waals surface area contributed by atoms with Crippen LogP contribution in [-0.4, -0.2) is 79.3 Å². The summed E-state index contributed by atoms with van der Waals surface area (Å²) in [6.45, 7) is 7.76. The molecular weight excluding hydrogens is 732 g/mol. The first-order valence-electron chi connectivity index (χ1n) is 18.8. The van der Waals surface area contributed by atoms with Gasteiger partial charge in [0.15, 0.2) is 0 Å². The van der Waals surface area contributed by atoms with Crippen LogP contribution in [0.2, 0.25) is 0 Å². The largest absolute Gasteiger partial charge is 0.444 e. The van der Waals surface area contributed by atoms with Gasteiger partial charge in [0.2, 0.25) is 0 Å². The van der Waals surface area contributed by atoms with E-state index in [2.05, 4.69) is 48.5 Å². The third-order valence-corrected chi connectivity index (χ3v) is 13.6. The highest BCUT2D eigenvalue weighted by Crippen LogP contribution is 2.63. The smallest absolute Gasteiger partial charge is 0.410 e. The summed E-state index contributed by atoms with van der Waals surface area (Å²) in [5.74, 6) is -0.357. The third-order valence-electron chi connectivity index (χ3n) is 9.67. The van der Waals surface area contributed by atoms with Crippen LogP contribution in [0, 0.1) is 5.92 Å². The Labute approximate surface area is 330 Å². The SMILES string of the molecule is CN(CC(CSP(=O)(OCC1c2ccccc2-c2ccccc21)OCC1c2ccccc2-c2ccccc21)CN(C)C(=O)OC(C)(C)C)C(=O)OC(C)(C)C. The van der Waals surface area contributed by atoms with Gasteiger partial charge >= 0.3 is 19.0 Å². The van der Waals surface area contributed by atoms with Gasteiger partial charge in [-0.1, -0.05) is 97.1 Å². The standard InChI is InChI=1S/C44H53N2O7PS/c1-43(2,3)52-41(47)45(7)25-30(26-46(8)42(48)53-44(4,5)6)29-55-54(49,50-27-39-35-21-13-9-17-31(35)32-18-10-14-22-36(32)39)51-28-40-37-23-15-11-19-33(37)34-20-12-16-24-38(34)40/h9-24,30,39-40H,25-29H2,1-8H3. The van der Waals surface area contributed by atoms with E-state index < -0.39 is 30.2 Å². The lowest BCUT2D eigenvalue weighted by Gasteiger charge is -2.31. The molecule has 0 saturated heterocycles. The first-order valence-corrected chi connectivity index (χ1v) is 21.9. The monoisotopic (exact) mass is 784 g/mol. The number of hydrogen-bond donors (Lipinski definition) is 0. The summed E-state index contributed by atoms with van der Waals surface area (Å²) < 4.78 is 39.6. The van der Waals surface area contributed by atoms with Crippen LogP contribution in [0.25, 0.3) is 22.3 Å². The van der Waals surface area contributed by atoms with Gasteiger partial charge in [-0.2, -0.15) is 0 Å². The first kappa shape index (κ1) is 40.6. The number of fused-ring (bicyclic) bond motifs is 6. The lowest BCUT2D eigenvalue weighted by molar-refractivity contribution is 0.0222. The molecule has 0 aliphatic heterocycles. The van der Waals surface area contributed by atoms with Gasteiger partial charge in [0, 0.05) is 50.7 Å². The summed E-state index contributed by atoms with van der Waals surface area (Å²) in [5.41, 5.74) is 7.68. The molecule has 0 N–H and O–H groups in total. The van der Waals surface area contributed by atoms with Crippen molar-refractivity contribution in [3.63, 3.8) is 0 Å². The second-order valence-electron chi connectivity index (χ2n) is 16.4.